The number of hydrogen-bond acceptors (Lipinski definition) is 7. The Balaban J connectivity index is 2.27. The first-order valence-electron chi connectivity index (χ1n) is 7.63. The first-order chi connectivity index (χ1) is 11.4. The summed E-state index contributed by atoms with van der Waals surface area (Å²) >= 11 is 0. The first-order valence-corrected chi connectivity index (χ1v) is 7.63. The number of aromatic nitrogens is 4. The molecule has 0 aliphatic heterocycles. The molecular weight excluding hydrogens is 318 g/mol. The van der Waals surface area contributed by atoms with Crippen molar-refractivity contribution in [2.75, 3.05) is 32.8 Å². The molecule has 0 saturated heterocycles. The molecule has 0 radical (unpaired) electrons. The number of aliphatic hydroxyl groups is 3. The van der Waals surface area contributed by atoms with Gasteiger partial charge < -0.3 is 19.9 Å². The third kappa shape index (κ3) is 3.56. The second-order valence-electron chi connectivity index (χ2n) is 5.68. The van der Waals surface area contributed by atoms with Gasteiger partial charge in [0, 0.05) is 33.7 Å². The maximum absolute atomic E-state index is 12.3. The maximum atomic E-state index is 12.3. The zero-order valence-electron chi connectivity index (χ0n) is 13.8. The molecule has 10 nitrogen and oxygen atoms in total. The van der Waals surface area contributed by atoms with Gasteiger partial charge in [-0.3, -0.25) is 18.8 Å². The van der Waals surface area contributed by atoms with Crippen LogP contribution in [0, 0.1) is 0 Å². The largest absolute Gasteiger partial charge is 0.395 e. The fourth-order valence-corrected chi connectivity index (χ4v) is 2.70. The lowest BCUT2D eigenvalue weighted by Gasteiger charge is -2.23. The van der Waals surface area contributed by atoms with E-state index in [-0.39, 0.29) is 37.5 Å². The van der Waals surface area contributed by atoms with Gasteiger partial charge in [0.1, 0.15) is 0 Å². The molecule has 2 heterocycles. The molecule has 0 spiro atoms. The van der Waals surface area contributed by atoms with Crippen molar-refractivity contribution in [3.63, 3.8) is 0 Å². The third-order valence-electron chi connectivity index (χ3n) is 3.93. The highest BCUT2D eigenvalue weighted by Crippen LogP contribution is 2.07. The smallest absolute Gasteiger partial charge is 0.332 e. The Hall–Kier alpha value is -2.01. The zero-order chi connectivity index (χ0) is 17.9. The summed E-state index contributed by atoms with van der Waals surface area (Å²) in [5.74, 6) is 0. The molecule has 1 atom stereocenters. The van der Waals surface area contributed by atoms with E-state index >= 15 is 0 Å². The van der Waals surface area contributed by atoms with Gasteiger partial charge in [0.2, 0.25) is 0 Å². The van der Waals surface area contributed by atoms with Gasteiger partial charge in [-0.2, -0.15) is 0 Å². The van der Waals surface area contributed by atoms with Gasteiger partial charge in [-0.05, 0) is 0 Å². The highest BCUT2D eigenvalue weighted by Gasteiger charge is 2.17. The molecular formula is C14H23N5O5. The lowest BCUT2D eigenvalue weighted by atomic mass is 10.3. The van der Waals surface area contributed by atoms with Crippen LogP contribution < -0.4 is 11.2 Å². The maximum Gasteiger partial charge on any atom is 0.332 e. The van der Waals surface area contributed by atoms with Gasteiger partial charge in [0.25, 0.3) is 5.56 Å². The lowest BCUT2D eigenvalue weighted by Crippen LogP contribution is -2.39. The minimum atomic E-state index is -0.831. The molecule has 134 valence electrons. The average molecular weight is 341 g/mol. The third-order valence-corrected chi connectivity index (χ3v) is 3.93. The molecule has 2 rings (SSSR count). The molecule has 0 amide bonds. The van der Waals surface area contributed by atoms with E-state index < -0.39 is 17.4 Å². The molecule has 0 fully saturated rings. The highest BCUT2D eigenvalue weighted by atomic mass is 16.3. The van der Waals surface area contributed by atoms with Crippen LogP contribution in [0.15, 0.2) is 15.9 Å². The molecule has 24 heavy (non-hydrogen) atoms. The standard InChI is InChI=1S/C14H23N5O5/c1-16-12-11(13(23)17(2)14(16)24)19(9-15-12)8-10(22)7-18(3-5-20)4-6-21/h9-10,20-22H,3-8H2,1-2H3/t10-/m0/s1. The summed E-state index contributed by atoms with van der Waals surface area (Å²) < 4.78 is 3.79. The van der Waals surface area contributed by atoms with Gasteiger partial charge in [-0.25, -0.2) is 9.78 Å². The minimum absolute atomic E-state index is 0.0800. The van der Waals surface area contributed by atoms with Crippen molar-refractivity contribution in [3.05, 3.63) is 27.2 Å². The van der Waals surface area contributed by atoms with Crippen LogP contribution in [0.4, 0.5) is 0 Å². The van der Waals surface area contributed by atoms with Crippen LogP contribution in [0.25, 0.3) is 11.2 Å². The van der Waals surface area contributed by atoms with Gasteiger partial charge in [0.15, 0.2) is 11.2 Å². The monoisotopic (exact) mass is 341 g/mol. The van der Waals surface area contributed by atoms with Crippen molar-refractivity contribution in [3.8, 4) is 0 Å². The number of imidazole rings is 1. The van der Waals surface area contributed by atoms with E-state index in [9.17, 15) is 14.7 Å². The van der Waals surface area contributed by atoms with Crippen LogP contribution in [0.1, 0.15) is 0 Å². The van der Waals surface area contributed by atoms with Crippen LogP contribution in [0.3, 0.4) is 0 Å². The van der Waals surface area contributed by atoms with E-state index in [0.29, 0.717) is 13.1 Å². The highest BCUT2D eigenvalue weighted by molar-refractivity contribution is 5.69. The molecule has 2 aromatic heterocycles. The number of rotatable bonds is 8. The van der Waals surface area contributed by atoms with Crippen molar-refractivity contribution in [1.29, 1.82) is 0 Å². The average Bonchev–Trinajstić information content (AvgIpc) is 2.95. The van der Waals surface area contributed by atoms with Crippen molar-refractivity contribution in [2.24, 2.45) is 14.1 Å². The summed E-state index contributed by atoms with van der Waals surface area (Å²) in [4.78, 5) is 30.0. The van der Waals surface area contributed by atoms with Crippen molar-refractivity contribution in [1.82, 2.24) is 23.6 Å². The minimum Gasteiger partial charge on any atom is -0.395 e. The molecule has 0 saturated carbocycles. The summed E-state index contributed by atoms with van der Waals surface area (Å²) in [6.07, 6.45) is 0.583. The Morgan fingerprint density at radius 2 is 1.79 bits per heavy atom. The van der Waals surface area contributed by atoms with Gasteiger partial charge in [-0.15, -0.1) is 0 Å². The van der Waals surface area contributed by atoms with Gasteiger partial charge in [0.05, 0.1) is 32.2 Å². The Morgan fingerprint density at radius 3 is 2.38 bits per heavy atom. The number of nitrogens with zero attached hydrogens (tertiary/aromatic N) is 5. The molecule has 10 heteroatoms. The summed E-state index contributed by atoms with van der Waals surface area (Å²) in [7, 11) is 2.92. The van der Waals surface area contributed by atoms with Crippen molar-refractivity contribution in [2.45, 2.75) is 12.6 Å². The molecule has 0 aromatic carbocycles. The second kappa shape index (κ2) is 7.71. The first kappa shape index (κ1) is 18.3. The van der Waals surface area contributed by atoms with Gasteiger partial charge >= 0.3 is 5.69 Å². The van der Waals surface area contributed by atoms with E-state index in [0.717, 1.165) is 4.57 Å². The molecule has 0 aliphatic rings. The topological polar surface area (TPSA) is 126 Å². The fraction of sp³-hybridized carbons (Fsp3) is 0.643. The van der Waals surface area contributed by atoms with Crippen LogP contribution in [0.5, 0.6) is 0 Å². The van der Waals surface area contributed by atoms with Crippen LogP contribution in [0.2, 0.25) is 0 Å². The summed E-state index contributed by atoms with van der Waals surface area (Å²) in [6, 6.07) is 0. The normalized spacial score (nSPS) is 13.1. The van der Waals surface area contributed by atoms with E-state index in [2.05, 4.69) is 4.98 Å². The van der Waals surface area contributed by atoms with Crippen LogP contribution in [-0.2, 0) is 20.6 Å². The molecule has 0 aliphatic carbocycles. The predicted molar refractivity (Wildman–Crippen MR) is 86.8 cm³/mol. The van der Waals surface area contributed by atoms with Gasteiger partial charge in [-0.1, -0.05) is 0 Å². The Bertz CT molecular complexity index is 802. The van der Waals surface area contributed by atoms with E-state index in [1.165, 1.54) is 29.6 Å². The summed E-state index contributed by atoms with van der Waals surface area (Å²) in [6.45, 7) is 0.841. The second-order valence-corrected chi connectivity index (χ2v) is 5.68. The number of fused-ring (bicyclic) bond motifs is 1. The molecule has 3 N–H and O–H groups in total. The van der Waals surface area contributed by atoms with Crippen LogP contribution in [-0.4, -0.2) is 77.9 Å². The number of hydrogen-bond donors (Lipinski definition) is 3. The number of aliphatic hydroxyl groups excluding tert-OH is 3. The zero-order valence-corrected chi connectivity index (χ0v) is 13.8. The molecule has 0 bridgehead atoms. The van der Waals surface area contributed by atoms with Crippen LogP contribution >= 0.6 is 0 Å². The molecule has 2 aromatic rings. The Morgan fingerprint density at radius 1 is 1.17 bits per heavy atom. The lowest BCUT2D eigenvalue weighted by molar-refractivity contribution is 0.0779. The van der Waals surface area contributed by atoms with E-state index in [4.69, 9.17) is 10.2 Å². The van der Waals surface area contributed by atoms with Crippen molar-refractivity contribution < 1.29 is 15.3 Å². The predicted octanol–water partition coefficient (Wildman–Crippen LogP) is -2.92. The quantitative estimate of drug-likeness (QED) is 0.470. The number of aryl methyl sites for hydroxylation is 1. The summed E-state index contributed by atoms with van der Waals surface area (Å²) in [5, 5.41) is 28.3. The molecule has 0 unspecified atom stereocenters. The Kier molecular flexibility index (Phi) is 5.89. The fourth-order valence-electron chi connectivity index (χ4n) is 2.70. The van der Waals surface area contributed by atoms with Crippen molar-refractivity contribution >= 4 is 11.2 Å². The Labute approximate surface area is 137 Å². The SMILES string of the molecule is Cn1c(=O)c2c(ncn2C[C@@H](O)CN(CCO)CCO)n(C)c1=O. The van der Waals surface area contributed by atoms with E-state index in [1.807, 2.05) is 0 Å². The summed E-state index contributed by atoms with van der Waals surface area (Å²) in [5.41, 5.74) is -0.428. The van der Waals surface area contributed by atoms with E-state index in [1.54, 1.807) is 4.90 Å².